The summed E-state index contributed by atoms with van der Waals surface area (Å²) in [5, 5.41) is 8.89. The zero-order valence-electron chi connectivity index (χ0n) is 15.5. The van der Waals surface area contributed by atoms with Gasteiger partial charge in [0.05, 0.1) is 25.3 Å². The van der Waals surface area contributed by atoms with Crippen LogP contribution < -0.4 is 4.90 Å². The number of ether oxygens (including phenoxy) is 1. The zero-order valence-corrected chi connectivity index (χ0v) is 15.5. The molecule has 8 heteroatoms. The standard InChI is InChI=1S/C19H26FN3O4/c1-21(13-18(24)25)11-16-12-22(8-9-27-16)17-6-3-7-23(19(17)26)15-5-2-4-14(20)10-15/h2,4-5,10,16-17H,3,6-9,11-13H2,1H3,(H,24,25). The number of hydrogen-bond acceptors (Lipinski definition) is 5. The van der Waals surface area contributed by atoms with Crippen molar-refractivity contribution in [1.82, 2.24) is 9.80 Å². The predicted molar refractivity (Wildman–Crippen MR) is 98.2 cm³/mol. The number of aliphatic carboxylic acids is 1. The van der Waals surface area contributed by atoms with Crippen LogP contribution in [0.5, 0.6) is 0 Å². The number of halogens is 1. The number of rotatable bonds is 6. The summed E-state index contributed by atoms with van der Waals surface area (Å²) in [6.45, 7) is 2.79. The number of carbonyl (C=O) groups is 2. The third-order valence-electron chi connectivity index (χ3n) is 5.06. The maximum atomic E-state index is 13.6. The van der Waals surface area contributed by atoms with Crippen LogP contribution in [0.3, 0.4) is 0 Å². The molecule has 2 fully saturated rings. The highest BCUT2D eigenvalue weighted by molar-refractivity contribution is 5.97. The lowest BCUT2D eigenvalue weighted by atomic mass is 10.0. The monoisotopic (exact) mass is 379 g/mol. The van der Waals surface area contributed by atoms with Gasteiger partial charge in [0.1, 0.15) is 5.82 Å². The number of carboxylic acids is 1. The molecule has 0 bridgehead atoms. The first-order chi connectivity index (χ1) is 12.9. The molecule has 0 spiro atoms. The first kappa shape index (κ1) is 19.7. The number of anilines is 1. The molecule has 0 radical (unpaired) electrons. The van der Waals surface area contributed by atoms with Crippen LogP contribution in [0, 0.1) is 5.82 Å². The van der Waals surface area contributed by atoms with Gasteiger partial charge in [-0.15, -0.1) is 0 Å². The van der Waals surface area contributed by atoms with E-state index < -0.39 is 5.97 Å². The largest absolute Gasteiger partial charge is 0.480 e. The first-order valence-corrected chi connectivity index (χ1v) is 9.27. The van der Waals surface area contributed by atoms with Crippen molar-refractivity contribution in [2.24, 2.45) is 0 Å². The summed E-state index contributed by atoms with van der Waals surface area (Å²) in [6.07, 6.45) is 1.48. The van der Waals surface area contributed by atoms with Crippen molar-refractivity contribution in [2.75, 3.05) is 51.3 Å². The second-order valence-corrected chi connectivity index (χ2v) is 7.21. The summed E-state index contributed by atoms with van der Waals surface area (Å²) in [5.74, 6) is -1.24. The van der Waals surface area contributed by atoms with Crippen molar-refractivity contribution in [3.8, 4) is 0 Å². The average Bonchev–Trinajstić information content (AvgIpc) is 2.61. The Bertz CT molecular complexity index is 687. The van der Waals surface area contributed by atoms with Crippen molar-refractivity contribution in [2.45, 2.75) is 25.0 Å². The van der Waals surface area contributed by atoms with Gasteiger partial charge in [0.25, 0.3) is 0 Å². The van der Waals surface area contributed by atoms with Gasteiger partial charge in [-0.25, -0.2) is 4.39 Å². The highest BCUT2D eigenvalue weighted by Gasteiger charge is 2.36. The molecule has 0 aliphatic carbocycles. The van der Waals surface area contributed by atoms with Gasteiger partial charge in [0.2, 0.25) is 5.91 Å². The Labute approximate surface area is 158 Å². The van der Waals surface area contributed by atoms with Gasteiger partial charge in [-0.05, 0) is 38.1 Å². The Morgan fingerprint density at radius 1 is 1.41 bits per heavy atom. The van der Waals surface area contributed by atoms with Crippen molar-refractivity contribution < 1.29 is 23.8 Å². The molecule has 2 aliphatic rings. The lowest BCUT2D eigenvalue weighted by Crippen LogP contribution is -2.58. The van der Waals surface area contributed by atoms with Crippen LogP contribution in [-0.4, -0.2) is 85.3 Å². The number of amides is 1. The minimum atomic E-state index is -0.877. The van der Waals surface area contributed by atoms with E-state index in [9.17, 15) is 14.0 Å². The average molecular weight is 379 g/mol. The third-order valence-corrected chi connectivity index (χ3v) is 5.06. The van der Waals surface area contributed by atoms with E-state index in [2.05, 4.69) is 4.90 Å². The molecular formula is C19H26FN3O4. The van der Waals surface area contributed by atoms with Gasteiger partial charge in [-0.2, -0.15) is 0 Å². The van der Waals surface area contributed by atoms with Gasteiger partial charge in [0, 0.05) is 31.9 Å². The number of carbonyl (C=O) groups excluding carboxylic acids is 1. The number of benzene rings is 1. The molecule has 1 amide bonds. The highest BCUT2D eigenvalue weighted by atomic mass is 19.1. The first-order valence-electron chi connectivity index (χ1n) is 9.27. The van der Waals surface area contributed by atoms with E-state index in [1.807, 2.05) is 0 Å². The summed E-state index contributed by atoms with van der Waals surface area (Å²) in [5.41, 5.74) is 0.593. The Kier molecular flexibility index (Phi) is 6.41. The molecule has 1 aromatic rings. The fourth-order valence-electron chi connectivity index (χ4n) is 3.87. The van der Waals surface area contributed by atoms with Crippen LogP contribution in [0.2, 0.25) is 0 Å². The van der Waals surface area contributed by atoms with E-state index in [4.69, 9.17) is 9.84 Å². The topological polar surface area (TPSA) is 73.3 Å². The molecule has 2 atom stereocenters. The summed E-state index contributed by atoms with van der Waals surface area (Å²) >= 11 is 0. The van der Waals surface area contributed by atoms with Crippen molar-refractivity contribution in [1.29, 1.82) is 0 Å². The molecule has 2 aliphatic heterocycles. The number of morpholine rings is 1. The molecule has 27 heavy (non-hydrogen) atoms. The van der Waals surface area contributed by atoms with Gasteiger partial charge >= 0.3 is 5.97 Å². The van der Waals surface area contributed by atoms with Crippen molar-refractivity contribution in [3.05, 3.63) is 30.1 Å². The van der Waals surface area contributed by atoms with Gasteiger partial charge in [-0.1, -0.05) is 6.07 Å². The second kappa shape index (κ2) is 8.77. The normalized spacial score (nSPS) is 24.4. The Morgan fingerprint density at radius 3 is 2.96 bits per heavy atom. The summed E-state index contributed by atoms with van der Waals surface area (Å²) < 4.78 is 19.3. The molecule has 3 rings (SSSR count). The van der Waals surface area contributed by atoms with Crippen LogP contribution in [0.15, 0.2) is 24.3 Å². The Morgan fingerprint density at radius 2 is 2.22 bits per heavy atom. The molecular weight excluding hydrogens is 353 g/mol. The minimum absolute atomic E-state index is 0.00797. The molecule has 1 aromatic carbocycles. The van der Waals surface area contributed by atoms with Crippen LogP contribution in [0.25, 0.3) is 0 Å². The van der Waals surface area contributed by atoms with E-state index in [-0.39, 0.29) is 30.4 Å². The van der Waals surface area contributed by atoms with E-state index in [0.717, 1.165) is 12.8 Å². The highest BCUT2D eigenvalue weighted by Crippen LogP contribution is 2.25. The molecule has 0 aromatic heterocycles. The van der Waals surface area contributed by atoms with Gasteiger partial charge < -0.3 is 14.7 Å². The molecule has 7 nitrogen and oxygen atoms in total. The van der Waals surface area contributed by atoms with Crippen LogP contribution >= 0.6 is 0 Å². The number of hydrogen-bond donors (Lipinski definition) is 1. The number of piperidine rings is 1. The zero-order chi connectivity index (χ0) is 19.4. The second-order valence-electron chi connectivity index (χ2n) is 7.21. The molecule has 2 unspecified atom stereocenters. The fourth-order valence-corrected chi connectivity index (χ4v) is 3.87. The van der Waals surface area contributed by atoms with Gasteiger partial charge in [-0.3, -0.25) is 19.4 Å². The number of nitrogens with zero attached hydrogens (tertiary/aromatic N) is 3. The molecule has 148 valence electrons. The summed E-state index contributed by atoms with van der Waals surface area (Å²) in [7, 11) is 1.74. The summed E-state index contributed by atoms with van der Waals surface area (Å²) in [6, 6.07) is 5.88. The quantitative estimate of drug-likeness (QED) is 0.796. The number of carboxylic acid groups (broad SMARTS) is 1. The Balaban J connectivity index is 1.64. The molecule has 1 N–H and O–H groups in total. The maximum Gasteiger partial charge on any atom is 0.317 e. The third kappa shape index (κ3) is 5.03. The van der Waals surface area contributed by atoms with Gasteiger partial charge in [0.15, 0.2) is 0 Å². The molecule has 2 saturated heterocycles. The molecule has 2 heterocycles. The van der Waals surface area contributed by atoms with Crippen LogP contribution in [-0.2, 0) is 14.3 Å². The minimum Gasteiger partial charge on any atom is -0.480 e. The van der Waals surface area contributed by atoms with E-state index in [1.165, 1.54) is 12.1 Å². The maximum absolute atomic E-state index is 13.6. The van der Waals surface area contributed by atoms with Crippen molar-refractivity contribution in [3.63, 3.8) is 0 Å². The van der Waals surface area contributed by atoms with E-state index >= 15 is 0 Å². The molecule has 0 saturated carbocycles. The van der Waals surface area contributed by atoms with Crippen molar-refractivity contribution >= 4 is 17.6 Å². The lowest BCUT2D eigenvalue weighted by Gasteiger charge is -2.42. The summed E-state index contributed by atoms with van der Waals surface area (Å²) in [4.78, 5) is 29.4. The fraction of sp³-hybridized carbons (Fsp3) is 0.579. The predicted octanol–water partition coefficient (Wildman–Crippen LogP) is 1.04. The smallest absolute Gasteiger partial charge is 0.317 e. The lowest BCUT2D eigenvalue weighted by molar-refractivity contribution is -0.138. The van der Waals surface area contributed by atoms with Crippen LogP contribution in [0.4, 0.5) is 10.1 Å². The Hall–Kier alpha value is -2.03. The van der Waals surface area contributed by atoms with E-state index in [1.54, 1.807) is 29.0 Å². The number of likely N-dealkylation sites (N-methyl/N-ethyl adjacent to an activating group) is 1. The van der Waals surface area contributed by atoms with Crippen LogP contribution in [0.1, 0.15) is 12.8 Å². The van der Waals surface area contributed by atoms with E-state index in [0.29, 0.717) is 38.5 Å². The SMILES string of the molecule is CN(CC(=O)O)CC1CN(C2CCCN(c3cccc(F)c3)C2=O)CCO1.